The summed E-state index contributed by atoms with van der Waals surface area (Å²) in [5.41, 5.74) is 0. The molecule has 0 spiro atoms. The fourth-order valence-corrected chi connectivity index (χ4v) is 3.24. The largest absolute Gasteiger partial charge is 0.343 e. The molecule has 0 atom stereocenters. The smallest absolute Gasteiger partial charge is 0.222 e. The Kier molecular flexibility index (Phi) is 4.51. The third kappa shape index (κ3) is 3.13. The minimum atomic E-state index is 0.389. The molecule has 2 rings (SSSR count). The van der Waals surface area contributed by atoms with E-state index in [1.54, 1.807) is 0 Å². The zero-order chi connectivity index (χ0) is 11.4. The summed E-state index contributed by atoms with van der Waals surface area (Å²) in [6.07, 6.45) is 8.18. The number of carbonyl (C=O) groups is 1. The fraction of sp³-hybridized carbons (Fsp3) is 0.923. The Bertz CT molecular complexity index is 230. The third-order valence-electron chi connectivity index (χ3n) is 4.12. The van der Waals surface area contributed by atoms with Gasteiger partial charge in [-0.1, -0.05) is 12.8 Å². The lowest BCUT2D eigenvalue weighted by atomic mass is 9.97. The summed E-state index contributed by atoms with van der Waals surface area (Å²) in [5, 5.41) is 0. The number of hydrogen-bond donors (Lipinski definition) is 0. The highest BCUT2D eigenvalue weighted by Crippen LogP contribution is 2.29. The van der Waals surface area contributed by atoms with Gasteiger partial charge in [-0.2, -0.15) is 0 Å². The molecule has 2 nitrogen and oxygen atoms in total. The van der Waals surface area contributed by atoms with E-state index in [9.17, 15) is 4.79 Å². The maximum Gasteiger partial charge on any atom is 0.222 e. The predicted molar refractivity (Wildman–Crippen MR) is 66.6 cm³/mol. The van der Waals surface area contributed by atoms with Crippen LogP contribution in [0, 0.1) is 11.8 Å². The van der Waals surface area contributed by atoms with Crippen LogP contribution in [-0.4, -0.2) is 29.8 Å². The molecule has 1 saturated heterocycles. The summed E-state index contributed by atoms with van der Waals surface area (Å²) in [6.45, 7) is 1.87. The summed E-state index contributed by atoms with van der Waals surface area (Å²) >= 11 is 5.84. The van der Waals surface area contributed by atoms with Crippen molar-refractivity contribution in [2.45, 2.75) is 44.9 Å². The van der Waals surface area contributed by atoms with Gasteiger partial charge in [0.05, 0.1) is 0 Å². The van der Waals surface area contributed by atoms with Gasteiger partial charge in [0, 0.05) is 25.4 Å². The molecule has 0 unspecified atom stereocenters. The van der Waals surface area contributed by atoms with E-state index >= 15 is 0 Å². The van der Waals surface area contributed by atoms with Gasteiger partial charge >= 0.3 is 0 Å². The van der Waals surface area contributed by atoms with Gasteiger partial charge < -0.3 is 4.90 Å². The molecule has 1 aliphatic heterocycles. The van der Waals surface area contributed by atoms with Crippen molar-refractivity contribution in [2.75, 3.05) is 19.0 Å². The van der Waals surface area contributed by atoms with Crippen LogP contribution >= 0.6 is 11.6 Å². The number of alkyl halides is 1. The number of likely N-dealkylation sites (tertiary alicyclic amines) is 1. The predicted octanol–water partition coefficient (Wildman–Crippen LogP) is 3.04. The van der Waals surface area contributed by atoms with Gasteiger partial charge in [-0.25, -0.2) is 0 Å². The number of nitrogens with zero attached hydrogens (tertiary/aromatic N) is 1. The van der Waals surface area contributed by atoms with Gasteiger partial charge in [0.25, 0.3) is 0 Å². The molecule has 2 aliphatic rings. The summed E-state index contributed by atoms with van der Waals surface area (Å²) in [5.74, 6) is 2.46. The van der Waals surface area contributed by atoms with Crippen molar-refractivity contribution in [3.05, 3.63) is 0 Å². The van der Waals surface area contributed by atoms with Crippen molar-refractivity contribution in [3.63, 3.8) is 0 Å². The zero-order valence-corrected chi connectivity index (χ0v) is 10.7. The standard InChI is InChI=1S/C13H22ClNO/c14-10-12-5-7-15(8-6-12)13(16)9-11-3-1-2-4-11/h11-12H,1-10H2. The molecule has 3 heteroatoms. The van der Waals surface area contributed by atoms with E-state index in [-0.39, 0.29) is 0 Å². The second-order valence-corrected chi connectivity index (χ2v) is 5.64. The average Bonchev–Trinajstić information content (AvgIpc) is 2.82. The van der Waals surface area contributed by atoms with Gasteiger partial charge in [-0.15, -0.1) is 11.6 Å². The highest BCUT2D eigenvalue weighted by Gasteiger charge is 2.25. The molecule has 92 valence electrons. The number of halogens is 1. The van der Waals surface area contributed by atoms with Gasteiger partial charge in [-0.3, -0.25) is 4.79 Å². The Hall–Kier alpha value is -0.240. The topological polar surface area (TPSA) is 20.3 Å². The number of amides is 1. The lowest BCUT2D eigenvalue weighted by molar-refractivity contribution is -0.133. The van der Waals surface area contributed by atoms with E-state index in [1.165, 1.54) is 25.7 Å². The second kappa shape index (κ2) is 5.90. The molecule has 1 amide bonds. The van der Waals surface area contributed by atoms with Crippen LogP contribution in [0.5, 0.6) is 0 Å². The van der Waals surface area contributed by atoms with Crippen LogP contribution < -0.4 is 0 Å². The van der Waals surface area contributed by atoms with Crippen molar-refractivity contribution >= 4 is 17.5 Å². The summed E-state index contributed by atoms with van der Waals surface area (Å²) in [6, 6.07) is 0. The first-order valence-corrected chi connectivity index (χ1v) is 7.17. The lowest BCUT2D eigenvalue weighted by Gasteiger charge is -2.31. The van der Waals surface area contributed by atoms with E-state index in [1.807, 2.05) is 0 Å². The number of hydrogen-bond acceptors (Lipinski definition) is 1. The zero-order valence-electron chi connectivity index (χ0n) is 9.96. The second-order valence-electron chi connectivity index (χ2n) is 5.33. The third-order valence-corrected chi connectivity index (χ3v) is 4.56. The Labute approximate surface area is 103 Å². The Morgan fingerprint density at radius 2 is 1.69 bits per heavy atom. The van der Waals surface area contributed by atoms with Crippen molar-refractivity contribution in [1.82, 2.24) is 4.90 Å². The summed E-state index contributed by atoms with van der Waals surface area (Å²) < 4.78 is 0. The molecule has 0 radical (unpaired) electrons. The normalized spacial score (nSPS) is 23.9. The first-order chi connectivity index (χ1) is 7.79. The first-order valence-electron chi connectivity index (χ1n) is 6.63. The first kappa shape index (κ1) is 12.2. The van der Waals surface area contributed by atoms with Crippen molar-refractivity contribution in [1.29, 1.82) is 0 Å². The molecule has 16 heavy (non-hydrogen) atoms. The van der Waals surface area contributed by atoms with Gasteiger partial charge in [0.1, 0.15) is 0 Å². The quantitative estimate of drug-likeness (QED) is 0.698. The molecule has 1 saturated carbocycles. The molecule has 0 aromatic rings. The van der Waals surface area contributed by atoms with E-state index in [4.69, 9.17) is 11.6 Å². The number of piperidine rings is 1. The van der Waals surface area contributed by atoms with Crippen molar-refractivity contribution in [3.8, 4) is 0 Å². The molecule has 0 N–H and O–H groups in total. The van der Waals surface area contributed by atoms with Crippen LogP contribution in [0.3, 0.4) is 0 Å². The van der Waals surface area contributed by atoms with Gasteiger partial charge in [0.15, 0.2) is 0 Å². The fourth-order valence-electron chi connectivity index (χ4n) is 2.93. The minimum Gasteiger partial charge on any atom is -0.343 e. The van der Waals surface area contributed by atoms with E-state index in [0.29, 0.717) is 17.7 Å². The molecular weight excluding hydrogens is 222 g/mol. The molecule has 0 aromatic heterocycles. The molecule has 0 aromatic carbocycles. The molecule has 0 bridgehead atoms. The van der Waals surface area contributed by atoms with Gasteiger partial charge in [-0.05, 0) is 37.5 Å². The Morgan fingerprint density at radius 3 is 2.25 bits per heavy atom. The van der Waals surface area contributed by atoms with Crippen LogP contribution in [0.2, 0.25) is 0 Å². The molecule has 1 heterocycles. The highest BCUT2D eigenvalue weighted by molar-refractivity contribution is 6.18. The number of carbonyl (C=O) groups excluding carboxylic acids is 1. The van der Waals surface area contributed by atoms with Crippen molar-refractivity contribution in [2.24, 2.45) is 11.8 Å². The van der Waals surface area contributed by atoms with E-state index in [2.05, 4.69) is 4.90 Å². The van der Waals surface area contributed by atoms with Crippen LogP contribution in [-0.2, 0) is 4.79 Å². The number of rotatable bonds is 3. The van der Waals surface area contributed by atoms with Crippen molar-refractivity contribution < 1.29 is 4.79 Å². The maximum atomic E-state index is 12.0. The van der Waals surface area contributed by atoms with E-state index in [0.717, 1.165) is 38.2 Å². The lowest BCUT2D eigenvalue weighted by Crippen LogP contribution is -2.39. The minimum absolute atomic E-state index is 0.389. The van der Waals surface area contributed by atoms with Gasteiger partial charge in [0.2, 0.25) is 5.91 Å². The summed E-state index contributed by atoms with van der Waals surface area (Å²) in [4.78, 5) is 14.1. The maximum absolute atomic E-state index is 12.0. The summed E-state index contributed by atoms with van der Waals surface area (Å²) in [7, 11) is 0. The van der Waals surface area contributed by atoms with Crippen LogP contribution in [0.15, 0.2) is 0 Å². The SMILES string of the molecule is O=C(CC1CCCC1)N1CCC(CCl)CC1. The Morgan fingerprint density at radius 1 is 1.06 bits per heavy atom. The van der Waals surface area contributed by atoms with Crippen LogP contribution in [0.1, 0.15) is 44.9 Å². The molecule has 2 fully saturated rings. The Balaban J connectivity index is 1.73. The average molecular weight is 244 g/mol. The molecule has 1 aliphatic carbocycles. The molecular formula is C13H22ClNO. The highest BCUT2D eigenvalue weighted by atomic mass is 35.5. The van der Waals surface area contributed by atoms with Crippen LogP contribution in [0.4, 0.5) is 0 Å². The monoisotopic (exact) mass is 243 g/mol. The van der Waals surface area contributed by atoms with E-state index < -0.39 is 0 Å². The van der Waals surface area contributed by atoms with Crippen LogP contribution in [0.25, 0.3) is 0 Å².